The molecule has 2 aromatic carbocycles. The molecule has 2 heterocycles. The molecule has 126 valence electrons. The Kier molecular flexibility index (Phi) is 3.42. The summed E-state index contributed by atoms with van der Waals surface area (Å²) in [6, 6.07) is 14.9. The lowest BCUT2D eigenvalue weighted by atomic mass is 10.0. The molecule has 1 unspecified atom stereocenters. The number of aryl methyl sites for hydroxylation is 1. The molecular weight excluding hydrogens is 318 g/mol. The summed E-state index contributed by atoms with van der Waals surface area (Å²) < 4.78 is 1.89. The normalized spacial score (nSPS) is 16.5. The Bertz CT molecular complexity index is 1000. The second-order valence-corrected chi connectivity index (χ2v) is 6.00. The van der Waals surface area contributed by atoms with Crippen LogP contribution in [0.25, 0.3) is 11.0 Å². The topological polar surface area (TPSA) is 85.0 Å². The largest absolute Gasteiger partial charge is 0.369 e. The first-order valence-corrected chi connectivity index (χ1v) is 7.97. The van der Waals surface area contributed by atoms with E-state index in [0.717, 1.165) is 22.2 Å². The van der Waals surface area contributed by atoms with E-state index in [1.807, 2.05) is 60.0 Å². The molecule has 7 nitrogen and oxygen atoms in total. The Morgan fingerprint density at radius 2 is 1.92 bits per heavy atom. The first kappa shape index (κ1) is 15.2. The minimum Gasteiger partial charge on any atom is -0.369 e. The molecule has 2 N–H and O–H groups in total. The SMILES string of the molecule is CNC1=C([N+](=O)[O-])C(c2ccc(C)cc2)n2c(nc3ccccc32)N1. The van der Waals surface area contributed by atoms with Crippen molar-refractivity contribution < 1.29 is 4.92 Å². The fourth-order valence-electron chi connectivity index (χ4n) is 3.27. The van der Waals surface area contributed by atoms with Crippen LogP contribution in [0, 0.1) is 17.0 Å². The van der Waals surface area contributed by atoms with Crippen LogP contribution in [0.3, 0.4) is 0 Å². The highest BCUT2D eigenvalue weighted by Crippen LogP contribution is 2.38. The maximum absolute atomic E-state index is 11.9. The standard InChI is InChI=1S/C18H17N5O2/c1-11-7-9-12(10-8-11)15-16(23(24)25)17(19-2)21-18-20-13-5-3-4-6-14(13)22(15)18/h3-10,15,19H,1-2H3,(H,20,21). The Labute approximate surface area is 144 Å². The maximum Gasteiger partial charge on any atom is 0.313 e. The molecule has 0 radical (unpaired) electrons. The highest BCUT2D eigenvalue weighted by atomic mass is 16.6. The highest BCUT2D eigenvalue weighted by molar-refractivity contribution is 5.80. The number of fused-ring (bicyclic) bond motifs is 3. The molecule has 3 aromatic rings. The molecule has 0 spiro atoms. The number of nitrogens with zero attached hydrogens (tertiary/aromatic N) is 3. The number of imidazole rings is 1. The second kappa shape index (κ2) is 5.62. The average molecular weight is 335 g/mol. The first-order chi connectivity index (χ1) is 12.1. The number of rotatable bonds is 3. The van der Waals surface area contributed by atoms with Crippen molar-refractivity contribution in [3.8, 4) is 0 Å². The van der Waals surface area contributed by atoms with Gasteiger partial charge in [0.2, 0.25) is 5.95 Å². The van der Waals surface area contributed by atoms with Gasteiger partial charge in [-0.25, -0.2) is 4.98 Å². The van der Waals surface area contributed by atoms with Gasteiger partial charge in [0.1, 0.15) is 0 Å². The first-order valence-electron chi connectivity index (χ1n) is 7.97. The van der Waals surface area contributed by atoms with Crippen LogP contribution in [0.15, 0.2) is 60.0 Å². The van der Waals surface area contributed by atoms with Gasteiger partial charge in [-0.05, 0) is 24.6 Å². The Balaban J connectivity index is 2.03. The average Bonchev–Trinajstić information content (AvgIpc) is 2.98. The number of para-hydroxylation sites is 2. The van der Waals surface area contributed by atoms with Crippen molar-refractivity contribution in [2.24, 2.45) is 0 Å². The number of benzene rings is 2. The van der Waals surface area contributed by atoms with Crippen molar-refractivity contribution in [1.82, 2.24) is 14.9 Å². The van der Waals surface area contributed by atoms with Gasteiger partial charge in [-0.3, -0.25) is 14.7 Å². The lowest BCUT2D eigenvalue weighted by Crippen LogP contribution is -2.33. The van der Waals surface area contributed by atoms with Gasteiger partial charge in [-0.1, -0.05) is 42.0 Å². The predicted molar refractivity (Wildman–Crippen MR) is 95.8 cm³/mol. The van der Waals surface area contributed by atoms with Crippen LogP contribution in [-0.2, 0) is 0 Å². The van der Waals surface area contributed by atoms with Gasteiger partial charge < -0.3 is 10.6 Å². The van der Waals surface area contributed by atoms with E-state index >= 15 is 0 Å². The van der Waals surface area contributed by atoms with Crippen molar-refractivity contribution in [2.45, 2.75) is 13.0 Å². The van der Waals surface area contributed by atoms with Crippen LogP contribution in [0.5, 0.6) is 0 Å². The monoisotopic (exact) mass is 335 g/mol. The third-order valence-corrected chi connectivity index (χ3v) is 4.45. The van der Waals surface area contributed by atoms with E-state index in [0.29, 0.717) is 11.8 Å². The highest BCUT2D eigenvalue weighted by Gasteiger charge is 2.39. The van der Waals surface area contributed by atoms with Crippen LogP contribution in [0.1, 0.15) is 17.2 Å². The summed E-state index contributed by atoms with van der Waals surface area (Å²) in [5, 5.41) is 17.8. The van der Waals surface area contributed by atoms with Gasteiger partial charge in [0.15, 0.2) is 11.9 Å². The number of hydrogen-bond acceptors (Lipinski definition) is 5. The van der Waals surface area contributed by atoms with Gasteiger partial charge in [0, 0.05) is 7.05 Å². The maximum atomic E-state index is 11.9. The van der Waals surface area contributed by atoms with E-state index in [4.69, 9.17) is 0 Å². The molecule has 4 rings (SSSR count). The van der Waals surface area contributed by atoms with E-state index < -0.39 is 6.04 Å². The molecular formula is C18H17N5O2. The van der Waals surface area contributed by atoms with E-state index in [1.165, 1.54) is 0 Å². The van der Waals surface area contributed by atoms with Gasteiger partial charge in [-0.15, -0.1) is 0 Å². The number of anilines is 1. The van der Waals surface area contributed by atoms with Crippen LogP contribution in [0.2, 0.25) is 0 Å². The number of allylic oxidation sites excluding steroid dienone is 1. The fourth-order valence-corrected chi connectivity index (χ4v) is 3.27. The van der Waals surface area contributed by atoms with Crippen molar-refractivity contribution >= 4 is 17.0 Å². The molecule has 0 saturated heterocycles. The number of hydrogen-bond donors (Lipinski definition) is 2. The summed E-state index contributed by atoms with van der Waals surface area (Å²) in [5.74, 6) is 0.945. The lowest BCUT2D eigenvalue weighted by Gasteiger charge is -2.26. The van der Waals surface area contributed by atoms with Gasteiger partial charge in [0.25, 0.3) is 0 Å². The molecule has 0 amide bonds. The summed E-state index contributed by atoms with van der Waals surface area (Å²) in [5.41, 5.74) is 3.67. The predicted octanol–water partition coefficient (Wildman–Crippen LogP) is 3.02. The molecule has 1 aliphatic heterocycles. The molecule has 0 aliphatic carbocycles. The van der Waals surface area contributed by atoms with E-state index in [2.05, 4.69) is 15.6 Å². The van der Waals surface area contributed by atoms with E-state index in [1.54, 1.807) is 7.05 Å². The third-order valence-electron chi connectivity index (χ3n) is 4.45. The van der Waals surface area contributed by atoms with Crippen LogP contribution >= 0.6 is 0 Å². The van der Waals surface area contributed by atoms with Crippen molar-refractivity contribution in [3.05, 3.63) is 81.3 Å². The minimum absolute atomic E-state index is 0.0713. The van der Waals surface area contributed by atoms with Crippen LogP contribution < -0.4 is 10.6 Å². The summed E-state index contributed by atoms with van der Waals surface area (Å²) in [6.45, 7) is 1.99. The lowest BCUT2D eigenvalue weighted by molar-refractivity contribution is -0.432. The quantitative estimate of drug-likeness (QED) is 0.568. The zero-order valence-corrected chi connectivity index (χ0v) is 13.9. The second-order valence-electron chi connectivity index (χ2n) is 6.00. The zero-order chi connectivity index (χ0) is 17.6. The fraction of sp³-hybridized carbons (Fsp3) is 0.167. The molecule has 0 bridgehead atoms. The summed E-state index contributed by atoms with van der Waals surface area (Å²) in [4.78, 5) is 16.1. The number of nitro groups is 1. The van der Waals surface area contributed by atoms with Crippen LogP contribution in [0.4, 0.5) is 5.95 Å². The summed E-state index contributed by atoms with van der Waals surface area (Å²) >= 11 is 0. The van der Waals surface area contributed by atoms with E-state index in [-0.39, 0.29) is 10.6 Å². The molecule has 1 atom stereocenters. The molecule has 7 heteroatoms. The molecule has 1 aromatic heterocycles. The van der Waals surface area contributed by atoms with Gasteiger partial charge in [0.05, 0.1) is 16.0 Å². The molecule has 0 fully saturated rings. The Morgan fingerprint density at radius 3 is 2.60 bits per heavy atom. The summed E-state index contributed by atoms with van der Waals surface area (Å²) in [6.07, 6.45) is 0. The zero-order valence-electron chi connectivity index (χ0n) is 13.9. The van der Waals surface area contributed by atoms with Crippen molar-refractivity contribution in [2.75, 3.05) is 12.4 Å². The Morgan fingerprint density at radius 1 is 1.20 bits per heavy atom. The van der Waals surface area contributed by atoms with Gasteiger partial charge >= 0.3 is 5.70 Å². The van der Waals surface area contributed by atoms with E-state index in [9.17, 15) is 10.1 Å². The number of aromatic nitrogens is 2. The third kappa shape index (κ3) is 2.32. The molecule has 1 aliphatic rings. The number of nitrogens with one attached hydrogen (secondary N) is 2. The Hall–Kier alpha value is -3.35. The smallest absolute Gasteiger partial charge is 0.313 e. The van der Waals surface area contributed by atoms with Crippen molar-refractivity contribution in [1.29, 1.82) is 0 Å². The molecule has 0 saturated carbocycles. The van der Waals surface area contributed by atoms with Gasteiger partial charge in [-0.2, -0.15) is 0 Å². The minimum atomic E-state index is -0.568. The molecule has 25 heavy (non-hydrogen) atoms. The summed E-state index contributed by atoms with van der Waals surface area (Å²) in [7, 11) is 1.66. The van der Waals surface area contributed by atoms with Crippen LogP contribution in [-0.4, -0.2) is 21.5 Å². The van der Waals surface area contributed by atoms with Crippen molar-refractivity contribution in [3.63, 3.8) is 0 Å².